The van der Waals surface area contributed by atoms with Crippen molar-refractivity contribution in [2.24, 2.45) is 23.7 Å². The Hall–Kier alpha value is -1.03. The van der Waals surface area contributed by atoms with Gasteiger partial charge in [-0.15, -0.1) is 0 Å². The van der Waals surface area contributed by atoms with E-state index >= 15 is 0 Å². The Bertz CT molecular complexity index is 398. The molecule has 0 aliphatic heterocycles. The van der Waals surface area contributed by atoms with Crippen LogP contribution in [0.4, 0.5) is 0 Å². The lowest BCUT2D eigenvalue weighted by molar-refractivity contribution is 0.141. The lowest BCUT2D eigenvalue weighted by atomic mass is 9.68. The molecule has 0 aromatic heterocycles. The van der Waals surface area contributed by atoms with Gasteiger partial charge in [0.2, 0.25) is 0 Å². The van der Waals surface area contributed by atoms with Crippen LogP contribution in [0.15, 0.2) is 24.3 Å². The van der Waals surface area contributed by atoms with Crippen LogP contribution < -0.4 is 0 Å². The van der Waals surface area contributed by atoms with Crippen molar-refractivity contribution in [1.82, 2.24) is 0 Å². The fraction of sp³-hybridized carbons (Fsp3) is 0.773. The molecule has 128 valence electrons. The standard InChI is InChI=1S/C22H35N/c1-2-8-19-10-14-21(15-11-19)22-16-12-20(13-17-22)9-6-4-3-5-7-18-23/h3-5,7,19-22H,2,6,8-17H2,1H3. The molecule has 1 nitrogen and oxygen atoms in total. The summed E-state index contributed by atoms with van der Waals surface area (Å²) in [7, 11) is 0. The molecule has 0 unspecified atom stereocenters. The topological polar surface area (TPSA) is 23.8 Å². The zero-order valence-corrected chi connectivity index (χ0v) is 15.1. The molecule has 2 saturated carbocycles. The molecule has 0 N–H and O–H groups in total. The van der Waals surface area contributed by atoms with Crippen LogP contribution in [-0.2, 0) is 0 Å². The lowest BCUT2D eigenvalue weighted by Crippen LogP contribution is -2.25. The Labute approximate surface area is 143 Å². The second kappa shape index (κ2) is 10.7. The van der Waals surface area contributed by atoms with Gasteiger partial charge in [-0.05, 0) is 62.2 Å². The van der Waals surface area contributed by atoms with E-state index in [0.29, 0.717) is 0 Å². The van der Waals surface area contributed by atoms with Gasteiger partial charge in [0.05, 0.1) is 6.07 Å². The predicted octanol–water partition coefficient (Wildman–Crippen LogP) is 6.82. The van der Waals surface area contributed by atoms with Gasteiger partial charge in [0.15, 0.2) is 0 Å². The fourth-order valence-corrected chi connectivity index (χ4v) is 4.91. The smallest absolute Gasteiger partial charge is 0.0912 e. The summed E-state index contributed by atoms with van der Waals surface area (Å²) >= 11 is 0. The van der Waals surface area contributed by atoms with E-state index in [-0.39, 0.29) is 0 Å². The third-order valence-electron chi connectivity index (χ3n) is 6.31. The summed E-state index contributed by atoms with van der Waals surface area (Å²) in [4.78, 5) is 0. The molecule has 0 amide bonds. The Morgan fingerprint density at radius 3 is 1.91 bits per heavy atom. The van der Waals surface area contributed by atoms with E-state index in [0.717, 1.165) is 23.7 Å². The van der Waals surface area contributed by atoms with Crippen molar-refractivity contribution in [3.8, 4) is 6.07 Å². The van der Waals surface area contributed by atoms with Crippen molar-refractivity contribution in [3.63, 3.8) is 0 Å². The molecule has 0 radical (unpaired) electrons. The van der Waals surface area contributed by atoms with Gasteiger partial charge in [-0.25, -0.2) is 0 Å². The van der Waals surface area contributed by atoms with Crippen LogP contribution in [0.3, 0.4) is 0 Å². The first-order valence-electron chi connectivity index (χ1n) is 10.0. The SMILES string of the molecule is CCCC1CCC(C2CCC(CCC=CC=CC#N)CC2)CC1. The number of allylic oxidation sites excluding steroid dienone is 4. The molecule has 0 atom stereocenters. The van der Waals surface area contributed by atoms with E-state index in [1.54, 1.807) is 0 Å². The largest absolute Gasteiger partial charge is 0.193 e. The number of nitriles is 1. The van der Waals surface area contributed by atoms with Gasteiger partial charge in [0.25, 0.3) is 0 Å². The molecule has 2 fully saturated rings. The van der Waals surface area contributed by atoms with E-state index in [1.165, 1.54) is 83.1 Å². The van der Waals surface area contributed by atoms with Crippen molar-refractivity contribution in [1.29, 1.82) is 5.26 Å². The van der Waals surface area contributed by atoms with Crippen molar-refractivity contribution in [2.45, 2.75) is 84.0 Å². The molecular weight excluding hydrogens is 278 g/mol. The summed E-state index contributed by atoms with van der Waals surface area (Å²) in [6.07, 6.45) is 24.9. The number of hydrogen-bond donors (Lipinski definition) is 0. The van der Waals surface area contributed by atoms with E-state index in [4.69, 9.17) is 5.26 Å². The van der Waals surface area contributed by atoms with Gasteiger partial charge in [-0.1, -0.05) is 63.7 Å². The van der Waals surface area contributed by atoms with Crippen molar-refractivity contribution in [3.05, 3.63) is 24.3 Å². The Kier molecular flexibility index (Phi) is 8.51. The normalized spacial score (nSPS) is 32.3. The zero-order chi connectivity index (χ0) is 16.3. The highest BCUT2D eigenvalue weighted by molar-refractivity contribution is 5.11. The lowest BCUT2D eigenvalue weighted by Gasteiger charge is -2.38. The molecule has 0 aromatic carbocycles. The molecule has 0 heterocycles. The molecule has 2 aliphatic rings. The van der Waals surface area contributed by atoms with Gasteiger partial charge in [0, 0.05) is 6.08 Å². The van der Waals surface area contributed by atoms with Gasteiger partial charge >= 0.3 is 0 Å². The highest BCUT2D eigenvalue weighted by Crippen LogP contribution is 2.42. The summed E-state index contributed by atoms with van der Waals surface area (Å²) < 4.78 is 0. The first-order valence-corrected chi connectivity index (χ1v) is 10.0. The summed E-state index contributed by atoms with van der Waals surface area (Å²) in [5.74, 6) is 4.10. The number of hydrogen-bond acceptors (Lipinski definition) is 1. The maximum atomic E-state index is 8.43. The van der Waals surface area contributed by atoms with Crippen molar-refractivity contribution >= 4 is 0 Å². The van der Waals surface area contributed by atoms with E-state index in [9.17, 15) is 0 Å². The summed E-state index contributed by atoms with van der Waals surface area (Å²) in [6, 6.07) is 2.02. The summed E-state index contributed by atoms with van der Waals surface area (Å²) in [6.45, 7) is 2.34. The van der Waals surface area contributed by atoms with E-state index in [1.807, 2.05) is 18.2 Å². The molecule has 0 spiro atoms. The molecule has 1 heteroatoms. The number of nitrogens with zero attached hydrogens (tertiary/aromatic N) is 1. The van der Waals surface area contributed by atoms with Crippen molar-refractivity contribution in [2.75, 3.05) is 0 Å². The quantitative estimate of drug-likeness (QED) is 0.374. The van der Waals surface area contributed by atoms with E-state index in [2.05, 4.69) is 13.0 Å². The third kappa shape index (κ3) is 6.54. The molecule has 2 rings (SSSR count). The summed E-state index contributed by atoms with van der Waals surface area (Å²) in [5, 5.41) is 8.43. The van der Waals surface area contributed by atoms with Gasteiger partial charge in [0.1, 0.15) is 0 Å². The third-order valence-corrected chi connectivity index (χ3v) is 6.31. The Morgan fingerprint density at radius 2 is 1.39 bits per heavy atom. The minimum atomic E-state index is 0.951. The van der Waals surface area contributed by atoms with E-state index < -0.39 is 0 Å². The van der Waals surface area contributed by atoms with Crippen LogP contribution in [0.25, 0.3) is 0 Å². The minimum absolute atomic E-state index is 0.951. The van der Waals surface area contributed by atoms with Crippen LogP contribution >= 0.6 is 0 Å². The Balaban J connectivity index is 1.60. The van der Waals surface area contributed by atoms with Gasteiger partial charge in [-0.2, -0.15) is 5.26 Å². The average Bonchev–Trinajstić information content (AvgIpc) is 2.60. The highest BCUT2D eigenvalue weighted by Gasteiger charge is 2.30. The average molecular weight is 314 g/mol. The van der Waals surface area contributed by atoms with Crippen LogP contribution in [0.1, 0.15) is 84.0 Å². The molecule has 0 aromatic rings. The monoisotopic (exact) mass is 313 g/mol. The summed E-state index contributed by atoms with van der Waals surface area (Å²) in [5.41, 5.74) is 0. The second-order valence-corrected chi connectivity index (χ2v) is 7.84. The van der Waals surface area contributed by atoms with Crippen LogP contribution in [0.5, 0.6) is 0 Å². The molecule has 0 bridgehead atoms. The number of rotatable bonds is 7. The maximum Gasteiger partial charge on any atom is 0.0912 e. The van der Waals surface area contributed by atoms with Gasteiger partial charge < -0.3 is 0 Å². The minimum Gasteiger partial charge on any atom is -0.193 e. The second-order valence-electron chi connectivity index (χ2n) is 7.84. The zero-order valence-electron chi connectivity index (χ0n) is 15.1. The Morgan fingerprint density at radius 1 is 0.826 bits per heavy atom. The van der Waals surface area contributed by atoms with Crippen LogP contribution in [-0.4, -0.2) is 0 Å². The first kappa shape index (κ1) is 18.3. The first-order chi connectivity index (χ1) is 11.3. The van der Waals surface area contributed by atoms with Crippen LogP contribution in [0, 0.1) is 35.0 Å². The maximum absolute atomic E-state index is 8.43. The van der Waals surface area contributed by atoms with Gasteiger partial charge in [-0.3, -0.25) is 0 Å². The van der Waals surface area contributed by atoms with Crippen molar-refractivity contribution < 1.29 is 0 Å². The fourth-order valence-electron chi connectivity index (χ4n) is 4.91. The van der Waals surface area contributed by atoms with Crippen LogP contribution in [0.2, 0.25) is 0 Å². The molecule has 0 saturated heterocycles. The predicted molar refractivity (Wildman–Crippen MR) is 98.9 cm³/mol. The highest BCUT2D eigenvalue weighted by atomic mass is 14.4. The molecule has 23 heavy (non-hydrogen) atoms. The molecule has 2 aliphatic carbocycles. The molecular formula is C22H35N.